The second-order valence-electron chi connectivity index (χ2n) is 4.58. The first-order valence-corrected chi connectivity index (χ1v) is 7.53. The summed E-state index contributed by atoms with van der Waals surface area (Å²) in [5.41, 5.74) is 1.01. The molecule has 1 saturated heterocycles. The summed E-state index contributed by atoms with van der Waals surface area (Å²) in [6.45, 7) is 2.20. The summed E-state index contributed by atoms with van der Waals surface area (Å²) in [5, 5.41) is 9.03. The SMILES string of the molecule is Cc1ccccc1OCCC(=O)N1CSCC1C(=O)O. The third-order valence-corrected chi connectivity index (χ3v) is 4.17. The molecule has 1 aliphatic heterocycles. The number of rotatable bonds is 5. The van der Waals surface area contributed by atoms with Crippen molar-refractivity contribution >= 4 is 23.6 Å². The Kier molecular flexibility index (Phi) is 4.89. The molecular formula is C14H17NO4S. The zero-order valence-corrected chi connectivity index (χ0v) is 12.1. The lowest BCUT2D eigenvalue weighted by atomic mass is 10.2. The van der Waals surface area contributed by atoms with E-state index >= 15 is 0 Å². The van der Waals surface area contributed by atoms with Crippen LogP contribution in [-0.4, -0.2) is 46.2 Å². The third kappa shape index (κ3) is 3.45. The van der Waals surface area contributed by atoms with Crippen LogP contribution in [0, 0.1) is 6.92 Å². The van der Waals surface area contributed by atoms with Crippen molar-refractivity contribution in [1.29, 1.82) is 0 Å². The van der Waals surface area contributed by atoms with Crippen LogP contribution in [0.1, 0.15) is 12.0 Å². The highest BCUT2D eigenvalue weighted by Crippen LogP contribution is 2.22. The van der Waals surface area contributed by atoms with Gasteiger partial charge in [-0.3, -0.25) is 4.79 Å². The van der Waals surface area contributed by atoms with Crippen molar-refractivity contribution in [2.75, 3.05) is 18.2 Å². The lowest BCUT2D eigenvalue weighted by Crippen LogP contribution is -2.42. The van der Waals surface area contributed by atoms with Crippen molar-refractivity contribution in [2.24, 2.45) is 0 Å². The number of amides is 1. The maximum absolute atomic E-state index is 12.0. The fraction of sp³-hybridized carbons (Fsp3) is 0.429. The number of hydrogen-bond acceptors (Lipinski definition) is 4. The molecule has 5 nitrogen and oxygen atoms in total. The Hall–Kier alpha value is -1.69. The molecular weight excluding hydrogens is 278 g/mol. The van der Waals surface area contributed by atoms with Crippen LogP contribution < -0.4 is 4.74 Å². The quantitative estimate of drug-likeness (QED) is 0.896. The van der Waals surface area contributed by atoms with Gasteiger partial charge in [-0.25, -0.2) is 4.79 Å². The van der Waals surface area contributed by atoms with Gasteiger partial charge >= 0.3 is 5.97 Å². The Balaban J connectivity index is 1.84. The molecule has 0 saturated carbocycles. The van der Waals surface area contributed by atoms with E-state index in [1.807, 2.05) is 31.2 Å². The number of thioether (sulfide) groups is 1. The second-order valence-corrected chi connectivity index (χ2v) is 5.58. The first-order valence-electron chi connectivity index (χ1n) is 6.38. The van der Waals surface area contributed by atoms with Crippen LogP contribution in [0.2, 0.25) is 0 Å². The average molecular weight is 295 g/mol. The monoisotopic (exact) mass is 295 g/mol. The van der Waals surface area contributed by atoms with Gasteiger partial charge in [0.15, 0.2) is 0 Å². The van der Waals surface area contributed by atoms with Crippen LogP contribution in [0.5, 0.6) is 5.75 Å². The molecule has 0 spiro atoms. The number of carboxylic acids is 1. The van der Waals surface area contributed by atoms with Gasteiger partial charge in [-0.2, -0.15) is 0 Å². The van der Waals surface area contributed by atoms with Crippen molar-refractivity contribution in [1.82, 2.24) is 4.90 Å². The first-order chi connectivity index (χ1) is 9.59. The summed E-state index contributed by atoms with van der Waals surface area (Å²) >= 11 is 1.46. The van der Waals surface area contributed by atoms with E-state index in [4.69, 9.17) is 9.84 Å². The van der Waals surface area contributed by atoms with Gasteiger partial charge in [-0.05, 0) is 18.6 Å². The molecule has 20 heavy (non-hydrogen) atoms. The highest BCUT2D eigenvalue weighted by atomic mass is 32.2. The third-order valence-electron chi connectivity index (χ3n) is 3.15. The number of carbonyl (C=O) groups is 2. The van der Waals surface area contributed by atoms with E-state index in [1.165, 1.54) is 16.7 Å². The van der Waals surface area contributed by atoms with Crippen molar-refractivity contribution in [3.8, 4) is 5.75 Å². The van der Waals surface area contributed by atoms with Crippen molar-refractivity contribution in [2.45, 2.75) is 19.4 Å². The fourth-order valence-corrected chi connectivity index (χ4v) is 3.18. The summed E-state index contributed by atoms with van der Waals surface area (Å²) in [6.07, 6.45) is 0.193. The lowest BCUT2D eigenvalue weighted by molar-refractivity contribution is -0.147. The molecule has 108 valence electrons. The number of benzene rings is 1. The molecule has 0 radical (unpaired) electrons. The largest absolute Gasteiger partial charge is 0.493 e. The number of carboxylic acid groups (broad SMARTS) is 1. The zero-order chi connectivity index (χ0) is 14.5. The summed E-state index contributed by atoms with van der Waals surface area (Å²) in [6, 6.07) is 6.89. The number of nitrogens with zero attached hydrogens (tertiary/aromatic N) is 1. The van der Waals surface area contributed by atoms with Crippen molar-refractivity contribution in [3.63, 3.8) is 0 Å². The Bertz CT molecular complexity index is 506. The van der Waals surface area contributed by atoms with Gasteiger partial charge in [0, 0.05) is 5.75 Å². The van der Waals surface area contributed by atoms with Crippen molar-refractivity contribution < 1.29 is 19.4 Å². The minimum absolute atomic E-state index is 0.170. The van der Waals surface area contributed by atoms with E-state index < -0.39 is 12.0 Å². The van der Waals surface area contributed by atoms with Crippen LogP contribution in [0.15, 0.2) is 24.3 Å². The molecule has 1 aromatic rings. The minimum atomic E-state index is -0.942. The zero-order valence-electron chi connectivity index (χ0n) is 11.2. The summed E-state index contributed by atoms with van der Waals surface area (Å²) < 4.78 is 5.56. The Labute approximate surface area is 121 Å². The number of hydrogen-bond donors (Lipinski definition) is 1. The molecule has 0 aromatic heterocycles. The molecule has 2 rings (SSSR count). The molecule has 1 atom stereocenters. The van der Waals surface area contributed by atoms with Gasteiger partial charge in [0.25, 0.3) is 0 Å². The molecule has 1 aliphatic rings. The van der Waals surface area contributed by atoms with Crippen LogP contribution in [0.25, 0.3) is 0 Å². The highest BCUT2D eigenvalue weighted by molar-refractivity contribution is 7.99. The number of aliphatic carboxylic acids is 1. The molecule has 1 aromatic carbocycles. The summed E-state index contributed by atoms with van der Waals surface area (Å²) in [4.78, 5) is 24.4. The number of aryl methyl sites for hydroxylation is 1. The van der Waals surface area contributed by atoms with Crippen LogP contribution in [-0.2, 0) is 9.59 Å². The van der Waals surface area contributed by atoms with Crippen LogP contribution in [0.4, 0.5) is 0 Å². The molecule has 1 amide bonds. The van der Waals surface area contributed by atoms with E-state index in [0.29, 0.717) is 11.6 Å². The fourth-order valence-electron chi connectivity index (χ4n) is 2.00. The van der Waals surface area contributed by atoms with Gasteiger partial charge in [-0.15, -0.1) is 11.8 Å². The topological polar surface area (TPSA) is 66.8 Å². The highest BCUT2D eigenvalue weighted by Gasteiger charge is 2.34. The molecule has 1 heterocycles. The molecule has 0 aliphatic carbocycles. The standard InChI is InChI=1S/C14H17NO4S/c1-10-4-2-3-5-12(10)19-7-6-13(16)15-9-20-8-11(15)14(17)18/h2-5,11H,6-9H2,1H3,(H,17,18). The molecule has 1 N–H and O–H groups in total. The smallest absolute Gasteiger partial charge is 0.327 e. The number of carbonyl (C=O) groups excluding carboxylic acids is 1. The Morgan fingerprint density at radius 3 is 2.90 bits per heavy atom. The second kappa shape index (κ2) is 6.65. The normalized spacial score (nSPS) is 18.1. The Morgan fingerprint density at radius 1 is 1.45 bits per heavy atom. The van der Waals surface area contributed by atoms with E-state index in [-0.39, 0.29) is 18.9 Å². The van der Waals surface area contributed by atoms with E-state index in [2.05, 4.69) is 0 Å². The van der Waals surface area contributed by atoms with Gasteiger partial charge in [0.1, 0.15) is 11.8 Å². The molecule has 1 unspecified atom stereocenters. The van der Waals surface area contributed by atoms with Crippen molar-refractivity contribution in [3.05, 3.63) is 29.8 Å². The minimum Gasteiger partial charge on any atom is -0.493 e. The number of ether oxygens (including phenoxy) is 1. The van der Waals surface area contributed by atoms with Gasteiger partial charge in [0.2, 0.25) is 5.91 Å². The summed E-state index contributed by atoms with van der Waals surface area (Å²) in [7, 11) is 0. The first kappa shape index (κ1) is 14.7. The maximum atomic E-state index is 12.0. The number of para-hydroxylation sites is 1. The predicted molar refractivity (Wildman–Crippen MR) is 76.9 cm³/mol. The van der Waals surface area contributed by atoms with Gasteiger partial charge in [-0.1, -0.05) is 18.2 Å². The van der Waals surface area contributed by atoms with Gasteiger partial charge < -0.3 is 14.7 Å². The lowest BCUT2D eigenvalue weighted by Gasteiger charge is -2.20. The van der Waals surface area contributed by atoms with E-state index in [0.717, 1.165) is 11.3 Å². The predicted octanol–water partition coefficient (Wildman–Crippen LogP) is 1.75. The van der Waals surface area contributed by atoms with Crippen LogP contribution in [0.3, 0.4) is 0 Å². The summed E-state index contributed by atoms with van der Waals surface area (Å²) in [5.74, 6) is 0.546. The molecule has 6 heteroatoms. The van der Waals surface area contributed by atoms with Gasteiger partial charge in [0.05, 0.1) is 18.9 Å². The average Bonchev–Trinajstić information content (AvgIpc) is 2.90. The maximum Gasteiger partial charge on any atom is 0.327 e. The molecule has 0 bridgehead atoms. The van der Waals surface area contributed by atoms with Crippen LogP contribution >= 0.6 is 11.8 Å². The molecule has 1 fully saturated rings. The van der Waals surface area contributed by atoms with E-state index in [9.17, 15) is 9.59 Å². The van der Waals surface area contributed by atoms with E-state index in [1.54, 1.807) is 0 Å². The Morgan fingerprint density at radius 2 is 2.20 bits per heavy atom.